The summed E-state index contributed by atoms with van der Waals surface area (Å²) in [5.74, 6) is -0.592. The lowest BCUT2D eigenvalue weighted by Crippen LogP contribution is -2.40. The predicted molar refractivity (Wildman–Crippen MR) is 83.4 cm³/mol. The van der Waals surface area contributed by atoms with Crippen LogP contribution in [0.3, 0.4) is 0 Å². The summed E-state index contributed by atoms with van der Waals surface area (Å²) >= 11 is 0. The first-order chi connectivity index (χ1) is 9.90. The number of nitrogens with two attached hydrogens (primary N) is 1. The molecule has 0 atom stereocenters. The molecule has 0 aliphatic carbocycles. The number of ether oxygens (including phenoxy) is 1. The maximum absolute atomic E-state index is 11.9. The Balaban J connectivity index is 3.10. The van der Waals surface area contributed by atoms with E-state index in [4.69, 9.17) is 10.5 Å². The van der Waals surface area contributed by atoms with Crippen LogP contribution in [0.15, 0.2) is 18.2 Å². The Morgan fingerprint density at radius 2 is 2.05 bits per heavy atom. The Morgan fingerprint density at radius 3 is 2.57 bits per heavy atom. The van der Waals surface area contributed by atoms with E-state index >= 15 is 0 Å². The number of carbonyl (C=O) groups is 2. The van der Waals surface area contributed by atoms with Gasteiger partial charge in [0.05, 0.1) is 30.6 Å². The zero-order valence-corrected chi connectivity index (χ0v) is 13.0. The Bertz CT molecular complexity index is 515. The minimum absolute atomic E-state index is 0.0596. The fraction of sp³-hybridized carbons (Fsp3) is 0.467. The third-order valence-electron chi connectivity index (χ3n) is 2.95. The van der Waals surface area contributed by atoms with E-state index in [9.17, 15) is 9.59 Å². The number of likely N-dealkylation sites (N-methyl/N-ethyl adjacent to an activating group) is 1. The molecule has 0 bridgehead atoms. The average Bonchev–Trinajstić information content (AvgIpc) is 2.43. The second-order valence-corrected chi connectivity index (χ2v) is 4.97. The van der Waals surface area contributed by atoms with E-state index in [0.717, 1.165) is 0 Å². The highest BCUT2D eigenvalue weighted by Crippen LogP contribution is 2.28. The fourth-order valence-electron chi connectivity index (χ4n) is 2.08. The summed E-state index contributed by atoms with van der Waals surface area (Å²) in [6, 6.07) is 5.09. The van der Waals surface area contributed by atoms with Gasteiger partial charge in [-0.15, -0.1) is 0 Å². The Morgan fingerprint density at radius 1 is 1.38 bits per heavy atom. The first-order valence-electron chi connectivity index (χ1n) is 6.91. The third kappa shape index (κ3) is 4.37. The molecule has 0 aliphatic rings. The van der Waals surface area contributed by atoms with Crippen LogP contribution in [-0.2, 0) is 9.53 Å². The molecule has 0 heterocycles. The lowest BCUT2D eigenvalue weighted by molar-refractivity contribution is -0.120. The average molecular weight is 293 g/mol. The quantitative estimate of drug-likeness (QED) is 0.612. The molecule has 21 heavy (non-hydrogen) atoms. The highest BCUT2D eigenvalue weighted by Gasteiger charge is 2.20. The molecular weight excluding hydrogens is 270 g/mol. The molecule has 0 saturated heterocycles. The number of methoxy groups -OCH3 is 1. The molecule has 0 spiro atoms. The van der Waals surface area contributed by atoms with Gasteiger partial charge in [0.1, 0.15) is 0 Å². The third-order valence-corrected chi connectivity index (χ3v) is 2.95. The lowest BCUT2D eigenvalue weighted by Gasteiger charge is -2.26. The van der Waals surface area contributed by atoms with Crippen LogP contribution in [0.25, 0.3) is 0 Å². The van der Waals surface area contributed by atoms with Crippen LogP contribution in [0.1, 0.15) is 31.1 Å². The van der Waals surface area contributed by atoms with E-state index in [2.05, 4.69) is 5.32 Å². The zero-order valence-electron chi connectivity index (χ0n) is 13.0. The monoisotopic (exact) mass is 293 g/mol. The van der Waals surface area contributed by atoms with Crippen molar-refractivity contribution in [3.05, 3.63) is 23.8 Å². The van der Waals surface area contributed by atoms with Gasteiger partial charge in [-0.05, 0) is 32.9 Å². The second kappa shape index (κ2) is 7.52. The number of rotatable bonds is 6. The molecule has 0 unspecified atom stereocenters. The highest BCUT2D eigenvalue weighted by molar-refractivity contribution is 6.00. The van der Waals surface area contributed by atoms with Crippen molar-refractivity contribution in [2.24, 2.45) is 0 Å². The van der Waals surface area contributed by atoms with Gasteiger partial charge in [-0.3, -0.25) is 4.79 Å². The molecule has 0 radical (unpaired) electrons. The molecule has 6 heteroatoms. The van der Waals surface area contributed by atoms with Gasteiger partial charge < -0.3 is 20.7 Å². The summed E-state index contributed by atoms with van der Waals surface area (Å²) in [6.45, 7) is 6.36. The van der Waals surface area contributed by atoms with Gasteiger partial charge >= 0.3 is 5.97 Å². The van der Waals surface area contributed by atoms with Crippen LogP contribution in [0.4, 0.5) is 11.4 Å². The summed E-state index contributed by atoms with van der Waals surface area (Å²) in [5.41, 5.74) is 7.32. The number of esters is 1. The van der Waals surface area contributed by atoms with Gasteiger partial charge in [-0.1, -0.05) is 6.07 Å². The summed E-state index contributed by atoms with van der Waals surface area (Å²) in [5, 5.41) is 2.82. The number of amides is 1. The van der Waals surface area contributed by atoms with E-state index < -0.39 is 5.97 Å². The van der Waals surface area contributed by atoms with Gasteiger partial charge in [0.2, 0.25) is 5.91 Å². The predicted octanol–water partition coefficient (Wildman–Crippen LogP) is 1.41. The van der Waals surface area contributed by atoms with Crippen molar-refractivity contribution in [2.75, 3.05) is 30.8 Å². The Labute approximate surface area is 125 Å². The number of nitrogens with one attached hydrogen (secondary N) is 1. The zero-order chi connectivity index (χ0) is 16.0. The number of benzene rings is 1. The van der Waals surface area contributed by atoms with E-state index in [1.165, 1.54) is 7.11 Å². The molecule has 1 aromatic carbocycles. The lowest BCUT2D eigenvalue weighted by atomic mass is 10.1. The van der Waals surface area contributed by atoms with Crippen LogP contribution < -0.4 is 16.0 Å². The minimum Gasteiger partial charge on any atom is -0.465 e. The first kappa shape index (κ1) is 16.8. The summed E-state index contributed by atoms with van der Waals surface area (Å²) < 4.78 is 4.77. The van der Waals surface area contributed by atoms with E-state index in [0.29, 0.717) is 23.5 Å². The number of anilines is 2. The number of hydrogen-bond acceptors (Lipinski definition) is 5. The molecule has 116 valence electrons. The normalized spacial score (nSPS) is 10.3. The first-order valence-corrected chi connectivity index (χ1v) is 6.91. The topological polar surface area (TPSA) is 84.7 Å². The van der Waals surface area contributed by atoms with Gasteiger partial charge in [-0.25, -0.2) is 4.79 Å². The number of hydrogen-bond donors (Lipinski definition) is 2. The molecule has 0 fully saturated rings. The molecule has 1 amide bonds. The van der Waals surface area contributed by atoms with Crippen LogP contribution in [0, 0.1) is 0 Å². The van der Waals surface area contributed by atoms with Gasteiger partial charge in [0.25, 0.3) is 0 Å². The second-order valence-electron chi connectivity index (χ2n) is 4.97. The molecule has 6 nitrogen and oxygen atoms in total. The van der Waals surface area contributed by atoms with E-state index in [1.807, 2.05) is 20.8 Å². The summed E-state index contributed by atoms with van der Waals surface area (Å²) in [6.07, 6.45) is 0. The molecule has 0 aromatic heterocycles. The van der Waals surface area contributed by atoms with Crippen LogP contribution in [0.2, 0.25) is 0 Å². The minimum atomic E-state index is -0.472. The standard InChI is InChI=1S/C15H23N3O3/c1-5-18(9-13(19)17-10(2)3)14-11(15(20)21-4)7-6-8-12(14)16/h6-8,10H,5,9,16H2,1-4H3,(H,17,19). The Kier molecular flexibility index (Phi) is 6.02. The van der Waals surface area contributed by atoms with Crippen molar-refractivity contribution < 1.29 is 14.3 Å². The summed E-state index contributed by atoms with van der Waals surface area (Å²) in [4.78, 5) is 25.6. The van der Waals surface area contributed by atoms with Crippen LogP contribution in [0.5, 0.6) is 0 Å². The van der Waals surface area contributed by atoms with Crippen molar-refractivity contribution in [3.63, 3.8) is 0 Å². The number of para-hydroxylation sites is 1. The molecule has 1 rings (SSSR count). The Hall–Kier alpha value is -2.24. The van der Waals surface area contributed by atoms with Crippen molar-refractivity contribution >= 4 is 23.3 Å². The van der Waals surface area contributed by atoms with Crippen molar-refractivity contribution in [2.45, 2.75) is 26.8 Å². The SMILES string of the molecule is CCN(CC(=O)NC(C)C)c1c(N)cccc1C(=O)OC. The largest absolute Gasteiger partial charge is 0.465 e. The molecule has 3 N–H and O–H groups in total. The number of nitrogen functional groups attached to an aromatic ring is 1. The fourth-order valence-corrected chi connectivity index (χ4v) is 2.08. The maximum Gasteiger partial charge on any atom is 0.340 e. The molecular formula is C15H23N3O3. The van der Waals surface area contributed by atoms with Crippen molar-refractivity contribution in [1.29, 1.82) is 0 Å². The van der Waals surface area contributed by atoms with Crippen molar-refractivity contribution in [1.82, 2.24) is 5.32 Å². The van der Waals surface area contributed by atoms with E-state index in [-0.39, 0.29) is 18.5 Å². The van der Waals surface area contributed by atoms with Crippen LogP contribution in [-0.4, -0.2) is 38.1 Å². The van der Waals surface area contributed by atoms with Gasteiger partial charge in [-0.2, -0.15) is 0 Å². The summed E-state index contributed by atoms with van der Waals surface area (Å²) in [7, 11) is 1.32. The molecule has 0 aliphatic heterocycles. The molecule has 0 saturated carbocycles. The van der Waals surface area contributed by atoms with Gasteiger partial charge in [0, 0.05) is 12.6 Å². The highest BCUT2D eigenvalue weighted by atomic mass is 16.5. The van der Waals surface area contributed by atoms with Crippen LogP contribution >= 0.6 is 0 Å². The van der Waals surface area contributed by atoms with E-state index in [1.54, 1.807) is 23.1 Å². The smallest absolute Gasteiger partial charge is 0.340 e. The van der Waals surface area contributed by atoms with Crippen molar-refractivity contribution in [3.8, 4) is 0 Å². The van der Waals surface area contributed by atoms with Gasteiger partial charge in [0.15, 0.2) is 0 Å². The number of carbonyl (C=O) groups excluding carboxylic acids is 2. The molecule has 1 aromatic rings. The maximum atomic E-state index is 11.9. The number of nitrogens with zero attached hydrogens (tertiary/aromatic N) is 1.